The summed E-state index contributed by atoms with van der Waals surface area (Å²) in [5, 5.41) is 4.26. The van der Waals surface area contributed by atoms with Crippen LogP contribution in [0.25, 0.3) is 0 Å². The average Bonchev–Trinajstić information content (AvgIpc) is 2.31. The maximum absolute atomic E-state index is 11.8. The molecule has 0 saturated carbocycles. The van der Waals surface area contributed by atoms with Crippen molar-refractivity contribution in [3.05, 3.63) is 34.9 Å². The lowest BCUT2D eigenvalue weighted by Crippen LogP contribution is -2.20. The third-order valence-electron chi connectivity index (χ3n) is 1.95. The minimum absolute atomic E-state index is 0.0798. The second-order valence-corrected chi connectivity index (χ2v) is 4.20. The summed E-state index contributed by atoms with van der Waals surface area (Å²) in [6.07, 6.45) is -0.128. The lowest BCUT2D eigenvalue weighted by Gasteiger charge is -2.09. The van der Waals surface area contributed by atoms with Crippen molar-refractivity contribution in [2.75, 3.05) is 6.61 Å². The largest absolute Gasteiger partial charge is 0.461 e. The van der Waals surface area contributed by atoms with E-state index in [0.29, 0.717) is 10.6 Å². The third kappa shape index (κ3) is 4.04. The fraction of sp³-hybridized carbons (Fsp3) is 0.385. The van der Waals surface area contributed by atoms with E-state index in [9.17, 15) is 4.79 Å². The quantitative estimate of drug-likeness (QED) is 0.469. The summed E-state index contributed by atoms with van der Waals surface area (Å²) in [7, 11) is 0. The molecule has 1 aromatic rings. The van der Waals surface area contributed by atoms with Gasteiger partial charge in [0.15, 0.2) is 5.71 Å². The zero-order valence-electron chi connectivity index (χ0n) is 10.6. The zero-order valence-corrected chi connectivity index (χ0v) is 11.4. The number of halogens is 1. The summed E-state index contributed by atoms with van der Waals surface area (Å²) in [5.41, 5.74) is 0.578. The first-order valence-corrected chi connectivity index (χ1v) is 6.09. The first-order valence-electron chi connectivity index (χ1n) is 5.72. The highest BCUT2D eigenvalue weighted by Gasteiger charge is 2.19. The molecule has 5 heteroatoms. The number of benzene rings is 1. The van der Waals surface area contributed by atoms with Crippen molar-refractivity contribution in [2.24, 2.45) is 5.16 Å². The molecular formula is C13H16ClNO3. The molecule has 0 aliphatic heterocycles. The van der Waals surface area contributed by atoms with Crippen LogP contribution in [0.3, 0.4) is 0 Å². The molecule has 0 bridgehead atoms. The predicted octanol–water partition coefficient (Wildman–Crippen LogP) is 3.03. The third-order valence-corrected chi connectivity index (χ3v) is 2.28. The topological polar surface area (TPSA) is 47.9 Å². The molecule has 0 aromatic heterocycles. The molecule has 0 atom stereocenters. The van der Waals surface area contributed by atoms with E-state index in [4.69, 9.17) is 21.2 Å². The Kier molecular flexibility index (Phi) is 5.65. The van der Waals surface area contributed by atoms with Crippen LogP contribution in [0.5, 0.6) is 0 Å². The molecule has 0 spiro atoms. The van der Waals surface area contributed by atoms with E-state index < -0.39 is 5.97 Å². The lowest BCUT2D eigenvalue weighted by molar-refractivity contribution is -0.135. The number of esters is 1. The van der Waals surface area contributed by atoms with Crippen molar-refractivity contribution >= 4 is 23.3 Å². The van der Waals surface area contributed by atoms with Gasteiger partial charge in [0.25, 0.3) is 0 Å². The van der Waals surface area contributed by atoms with Crippen molar-refractivity contribution in [3.8, 4) is 0 Å². The van der Waals surface area contributed by atoms with E-state index in [0.717, 1.165) is 0 Å². The van der Waals surface area contributed by atoms with Crippen LogP contribution in [0.1, 0.15) is 26.3 Å². The molecule has 0 fully saturated rings. The molecule has 0 N–H and O–H groups in total. The standard InChI is InChI=1S/C13H16ClNO3/c1-4-17-13(16)12(15-18-9(2)3)10-7-5-6-8-11(10)14/h5-9H,4H2,1-3H3. The number of carbonyl (C=O) groups excluding carboxylic acids is 1. The highest BCUT2D eigenvalue weighted by molar-refractivity contribution is 6.47. The van der Waals surface area contributed by atoms with Gasteiger partial charge < -0.3 is 9.57 Å². The number of oxime groups is 1. The van der Waals surface area contributed by atoms with Crippen LogP contribution in [-0.4, -0.2) is 24.4 Å². The second kappa shape index (κ2) is 7.01. The van der Waals surface area contributed by atoms with Crippen LogP contribution in [-0.2, 0) is 14.4 Å². The fourth-order valence-corrected chi connectivity index (χ4v) is 1.43. The van der Waals surface area contributed by atoms with Gasteiger partial charge in [-0.25, -0.2) is 4.79 Å². The Hall–Kier alpha value is -1.55. The highest BCUT2D eigenvalue weighted by Crippen LogP contribution is 2.17. The number of hydrogen-bond acceptors (Lipinski definition) is 4. The van der Waals surface area contributed by atoms with E-state index >= 15 is 0 Å². The lowest BCUT2D eigenvalue weighted by atomic mass is 10.1. The predicted molar refractivity (Wildman–Crippen MR) is 70.8 cm³/mol. The maximum Gasteiger partial charge on any atom is 0.361 e. The van der Waals surface area contributed by atoms with Gasteiger partial charge in [0, 0.05) is 5.56 Å². The molecule has 0 unspecified atom stereocenters. The van der Waals surface area contributed by atoms with Gasteiger partial charge in [-0.2, -0.15) is 0 Å². The smallest absolute Gasteiger partial charge is 0.361 e. The molecular weight excluding hydrogens is 254 g/mol. The number of hydrogen-bond donors (Lipinski definition) is 0. The molecule has 0 saturated heterocycles. The van der Waals surface area contributed by atoms with Crippen LogP contribution >= 0.6 is 11.6 Å². The average molecular weight is 270 g/mol. The summed E-state index contributed by atoms with van der Waals surface area (Å²) < 4.78 is 4.94. The van der Waals surface area contributed by atoms with Crippen LogP contribution in [0.4, 0.5) is 0 Å². The van der Waals surface area contributed by atoms with E-state index in [2.05, 4.69) is 5.16 Å². The van der Waals surface area contributed by atoms with E-state index in [-0.39, 0.29) is 18.4 Å². The van der Waals surface area contributed by atoms with Crippen molar-refractivity contribution < 1.29 is 14.4 Å². The van der Waals surface area contributed by atoms with Gasteiger partial charge in [-0.05, 0) is 26.8 Å². The normalized spacial score (nSPS) is 11.5. The summed E-state index contributed by atoms with van der Waals surface area (Å²) >= 11 is 6.03. The molecule has 1 aromatic carbocycles. The number of rotatable bonds is 5. The maximum atomic E-state index is 11.8. The first-order chi connectivity index (χ1) is 8.56. The van der Waals surface area contributed by atoms with Crippen molar-refractivity contribution in [1.82, 2.24) is 0 Å². The Bertz CT molecular complexity index is 444. The van der Waals surface area contributed by atoms with Crippen molar-refractivity contribution in [3.63, 3.8) is 0 Å². The van der Waals surface area contributed by atoms with Crippen LogP contribution < -0.4 is 0 Å². The Morgan fingerprint density at radius 2 is 2.06 bits per heavy atom. The zero-order chi connectivity index (χ0) is 13.5. The molecule has 98 valence electrons. The minimum atomic E-state index is -0.550. The number of ether oxygens (including phenoxy) is 1. The van der Waals surface area contributed by atoms with Crippen molar-refractivity contribution in [2.45, 2.75) is 26.9 Å². The van der Waals surface area contributed by atoms with Gasteiger partial charge in [0.2, 0.25) is 0 Å². The molecule has 4 nitrogen and oxygen atoms in total. The summed E-state index contributed by atoms with van der Waals surface area (Å²) in [5.74, 6) is -0.550. The van der Waals surface area contributed by atoms with Crippen LogP contribution in [0.2, 0.25) is 5.02 Å². The van der Waals surface area contributed by atoms with Gasteiger partial charge in [0.1, 0.15) is 6.10 Å². The van der Waals surface area contributed by atoms with Gasteiger partial charge in [0.05, 0.1) is 11.6 Å². The summed E-state index contributed by atoms with van der Waals surface area (Å²) in [6, 6.07) is 6.92. The Balaban J connectivity index is 3.08. The van der Waals surface area contributed by atoms with Crippen LogP contribution in [0.15, 0.2) is 29.4 Å². The van der Waals surface area contributed by atoms with Gasteiger partial charge in [-0.3, -0.25) is 0 Å². The molecule has 0 radical (unpaired) electrons. The molecule has 0 amide bonds. The molecule has 0 heterocycles. The first kappa shape index (κ1) is 14.5. The Labute approximate surface area is 112 Å². The highest BCUT2D eigenvalue weighted by atomic mass is 35.5. The van der Waals surface area contributed by atoms with E-state index in [1.54, 1.807) is 31.2 Å². The second-order valence-electron chi connectivity index (χ2n) is 3.79. The van der Waals surface area contributed by atoms with Gasteiger partial charge in [-0.1, -0.05) is 35.0 Å². The van der Waals surface area contributed by atoms with Crippen molar-refractivity contribution in [1.29, 1.82) is 0 Å². The molecule has 0 aliphatic carbocycles. The molecule has 0 aliphatic rings. The van der Waals surface area contributed by atoms with Crippen LogP contribution in [0, 0.1) is 0 Å². The Morgan fingerprint density at radius 3 is 2.61 bits per heavy atom. The summed E-state index contributed by atoms with van der Waals surface area (Å²) in [6.45, 7) is 5.63. The van der Waals surface area contributed by atoms with Gasteiger partial charge >= 0.3 is 5.97 Å². The summed E-state index contributed by atoms with van der Waals surface area (Å²) in [4.78, 5) is 16.9. The van der Waals surface area contributed by atoms with E-state index in [1.165, 1.54) is 0 Å². The monoisotopic (exact) mass is 269 g/mol. The van der Waals surface area contributed by atoms with Gasteiger partial charge in [-0.15, -0.1) is 0 Å². The Morgan fingerprint density at radius 1 is 1.39 bits per heavy atom. The number of carbonyl (C=O) groups is 1. The SMILES string of the molecule is CCOC(=O)C(=NOC(C)C)c1ccccc1Cl. The minimum Gasteiger partial charge on any atom is -0.461 e. The van der Waals surface area contributed by atoms with E-state index in [1.807, 2.05) is 13.8 Å². The molecule has 1 rings (SSSR count). The fourth-order valence-electron chi connectivity index (χ4n) is 1.21. The number of nitrogens with zero attached hydrogens (tertiary/aromatic N) is 1. The molecule has 18 heavy (non-hydrogen) atoms.